The number of aromatic nitrogens is 3. The minimum atomic E-state index is 0.0761. The predicted octanol–water partition coefficient (Wildman–Crippen LogP) is -0.00420. The standard InChI is InChI=1S/C9H14N4O/c1-6-7(3-4-10-6)9(14)8-5-11-12-13(8)2/h5-7,10H,3-4H2,1-2H3. The number of rotatable bonds is 2. The molecule has 0 aromatic carbocycles. The summed E-state index contributed by atoms with van der Waals surface area (Å²) in [5.41, 5.74) is 0.602. The van der Waals surface area contributed by atoms with Gasteiger partial charge in [0.1, 0.15) is 5.69 Å². The maximum atomic E-state index is 12.0. The van der Waals surface area contributed by atoms with E-state index < -0.39 is 0 Å². The van der Waals surface area contributed by atoms with Crippen molar-refractivity contribution in [2.75, 3.05) is 6.54 Å². The van der Waals surface area contributed by atoms with Crippen LogP contribution in [0.2, 0.25) is 0 Å². The maximum absolute atomic E-state index is 12.0. The lowest BCUT2D eigenvalue weighted by molar-refractivity contribution is 0.0904. The Kier molecular flexibility index (Phi) is 2.33. The van der Waals surface area contributed by atoms with Crippen molar-refractivity contribution in [3.05, 3.63) is 11.9 Å². The van der Waals surface area contributed by atoms with E-state index in [1.165, 1.54) is 10.9 Å². The molecule has 1 saturated heterocycles. The highest BCUT2D eigenvalue weighted by Crippen LogP contribution is 2.19. The van der Waals surface area contributed by atoms with Crippen LogP contribution in [0.25, 0.3) is 0 Å². The Morgan fingerprint density at radius 1 is 1.71 bits per heavy atom. The van der Waals surface area contributed by atoms with Gasteiger partial charge in [-0.25, -0.2) is 4.68 Å². The summed E-state index contributed by atoms with van der Waals surface area (Å²) in [6, 6.07) is 0.261. The van der Waals surface area contributed by atoms with Crippen molar-refractivity contribution in [1.82, 2.24) is 20.3 Å². The summed E-state index contributed by atoms with van der Waals surface area (Å²) in [5.74, 6) is 0.224. The number of nitrogens with one attached hydrogen (secondary N) is 1. The molecule has 2 rings (SSSR count). The Morgan fingerprint density at radius 2 is 2.50 bits per heavy atom. The monoisotopic (exact) mass is 194 g/mol. The second kappa shape index (κ2) is 3.49. The largest absolute Gasteiger partial charge is 0.313 e. The van der Waals surface area contributed by atoms with E-state index in [0.29, 0.717) is 5.69 Å². The van der Waals surface area contributed by atoms with E-state index in [9.17, 15) is 4.79 Å². The molecule has 5 nitrogen and oxygen atoms in total. The van der Waals surface area contributed by atoms with Gasteiger partial charge in [-0.05, 0) is 19.9 Å². The second-order valence-electron chi connectivity index (χ2n) is 3.75. The van der Waals surface area contributed by atoms with E-state index in [4.69, 9.17) is 0 Å². The maximum Gasteiger partial charge on any atom is 0.187 e. The van der Waals surface area contributed by atoms with Crippen molar-refractivity contribution in [1.29, 1.82) is 0 Å². The lowest BCUT2D eigenvalue weighted by Gasteiger charge is -2.12. The number of hydrogen-bond donors (Lipinski definition) is 1. The zero-order chi connectivity index (χ0) is 10.1. The van der Waals surface area contributed by atoms with E-state index in [1.54, 1.807) is 7.05 Å². The van der Waals surface area contributed by atoms with Gasteiger partial charge in [-0.15, -0.1) is 5.10 Å². The Morgan fingerprint density at radius 3 is 3.00 bits per heavy atom. The van der Waals surface area contributed by atoms with Gasteiger partial charge in [-0.1, -0.05) is 5.21 Å². The molecule has 14 heavy (non-hydrogen) atoms. The molecule has 0 bridgehead atoms. The fourth-order valence-electron chi connectivity index (χ4n) is 1.92. The van der Waals surface area contributed by atoms with Crippen LogP contribution in [-0.2, 0) is 7.05 Å². The third kappa shape index (κ3) is 1.43. The van der Waals surface area contributed by atoms with Crippen molar-refractivity contribution in [2.45, 2.75) is 19.4 Å². The van der Waals surface area contributed by atoms with Gasteiger partial charge in [0, 0.05) is 19.0 Å². The molecule has 5 heteroatoms. The van der Waals surface area contributed by atoms with Crippen LogP contribution >= 0.6 is 0 Å². The molecule has 1 N–H and O–H groups in total. The molecule has 2 atom stereocenters. The summed E-state index contributed by atoms with van der Waals surface area (Å²) in [6.45, 7) is 2.96. The quantitative estimate of drug-likeness (QED) is 0.673. The number of ketones is 1. The highest BCUT2D eigenvalue weighted by Gasteiger charge is 2.31. The number of Topliss-reactive ketones (excluding diaryl/α,β-unsaturated/α-hetero) is 1. The normalized spacial score (nSPS) is 26.7. The van der Waals surface area contributed by atoms with Gasteiger partial charge < -0.3 is 5.32 Å². The Bertz CT molecular complexity index is 346. The molecule has 1 fully saturated rings. The lowest BCUT2D eigenvalue weighted by atomic mass is 9.95. The summed E-state index contributed by atoms with van der Waals surface area (Å²) in [5, 5.41) is 10.7. The molecule has 2 heterocycles. The smallest absolute Gasteiger partial charge is 0.187 e. The minimum Gasteiger partial charge on any atom is -0.313 e. The number of carbonyl (C=O) groups is 1. The molecule has 1 aliphatic heterocycles. The topological polar surface area (TPSA) is 59.8 Å². The lowest BCUT2D eigenvalue weighted by Crippen LogP contribution is -2.29. The molecule has 2 unspecified atom stereocenters. The summed E-state index contributed by atoms with van der Waals surface area (Å²) >= 11 is 0. The van der Waals surface area contributed by atoms with Crippen LogP contribution in [0.4, 0.5) is 0 Å². The van der Waals surface area contributed by atoms with Crippen molar-refractivity contribution >= 4 is 5.78 Å². The van der Waals surface area contributed by atoms with Crippen molar-refractivity contribution in [3.8, 4) is 0 Å². The first-order chi connectivity index (χ1) is 6.70. The minimum absolute atomic E-state index is 0.0761. The number of hydrogen-bond acceptors (Lipinski definition) is 4. The van der Waals surface area contributed by atoms with Crippen LogP contribution in [0.1, 0.15) is 23.8 Å². The fourth-order valence-corrected chi connectivity index (χ4v) is 1.92. The first-order valence-corrected chi connectivity index (χ1v) is 4.82. The van der Waals surface area contributed by atoms with Crippen molar-refractivity contribution < 1.29 is 4.79 Å². The van der Waals surface area contributed by atoms with E-state index in [2.05, 4.69) is 15.6 Å². The third-order valence-corrected chi connectivity index (χ3v) is 2.83. The zero-order valence-corrected chi connectivity index (χ0v) is 8.40. The number of aryl methyl sites for hydroxylation is 1. The van der Waals surface area contributed by atoms with Crippen LogP contribution in [0, 0.1) is 5.92 Å². The molecule has 76 valence electrons. The first-order valence-electron chi connectivity index (χ1n) is 4.82. The summed E-state index contributed by atoms with van der Waals surface area (Å²) in [7, 11) is 1.74. The molecule has 1 aliphatic rings. The van der Waals surface area contributed by atoms with Crippen molar-refractivity contribution in [3.63, 3.8) is 0 Å². The molecule has 0 aliphatic carbocycles. The van der Waals surface area contributed by atoms with Gasteiger partial charge >= 0.3 is 0 Å². The van der Waals surface area contributed by atoms with Crippen LogP contribution in [0.3, 0.4) is 0 Å². The van der Waals surface area contributed by atoms with Crippen LogP contribution in [0.5, 0.6) is 0 Å². The summed E-state index contributed by atoms with van der Waals surface area (Å²) in [6.07, 6.45) is 2.44. The van der Waals surface area contributed by atoms with E-state index >= 15 is 0 Å². The molecule has 0 radical (unpaired) electrons. The molecular formula is C9H14N4O. The van der Waals surface area contributed by atoms with Crippen molar-refractivity contribution in [2.24, 2.45) is 13.0 Å². The Balaban J connectivity index is 2.20. The molecule has 1 aromatic rings. The highest BCUT2D eigenvalue weighted by molar-refractivity contribution is 5.96. The first kappa shape index (κ1) is 9.33. The average molecular weight is 194 g/mol. The second-order valence-corrected chi connectivity index (χ2v) is 3.75. The average Bonchev–Trinajstić information content (AvgIpc) is 2.73. The fraction of sp³-hybridized carbons (Fsp3) is 0.667. The SMILES string of the molecule is CC1NCCC1C(=O)c1cnnn1C. The molecule has 0 amide bonds. The predicted molar refractivity (Wildman–Crippen MR) is 50.9 cm³/mol. The van der Waals surface area contributed by atoms with Gasteiger partial charge in [0.2, 0.25) is 0 Å². The summed E-state index contributed by atoms with van der Waals surface area (Å²) < 4.78 is 1.54. The number of carbonyl (C=O) groups excluding carboxylic acids is 1. The van der Waals surface area contributed by atoms with E-state index in [0.717, 1.165) is 13.0 Å². The number of nitrogens with zero attached hydrogens (tertiary/aromatic N) is 3. The van der Waals surface area contributed by atoms with Gasteiger partial charge in [0.25, 0.3) is 0 Å². The van der Waals surface area contributed by atoms with Gasteiger partial charge in [0.05, 0.1) is 6.20 Å². The van der Waals surface area contributed by atoms with Gasteiger partial charge in [-0.2, -0.15) is 0 Å². The van der Waals surface area contributed by atoms with Crippen LogP contribution < -0.4 is 5.32 Å². The van der Waals surface area contributed by atoms with Crippen LogP contribution in [-0.4, -0.2) is 33.4 Å². The third-order valence-electron chi connectivity index (χ3n) is 2.83. The van der Waals surface area contributed by atoms with Gasteiger partial charge in [0.15, 0.2) is 5.78 Å². The van der Waals surface area contributed by atoms with E-state index in [-0.39, 0.29) is 17.7 Å². The van der Waals surface area contributed by atoms with Gasteiger partial charge in [-0.3, -0.25) is 4.79 Å². The molecule has 1 aromatic heterocycles. The zero-order valence-electron chi connectivity index (χ0n) is 8.40. The Labute approximate surface area is 82.5 Å². The summed E-state index contributed by atoms with van der Waals surface area (Å²) in [4.78, 5) is 12.0. The highest BCUT2D eigenvalue weighted by atomic mass is 16.1. The van der Waals surface area contributed by atoms with Crippen LogP contribution in [0.15, 0.2) is 6.20 Å². The molecule has 0 saturated carbocycles. The molecule has 0 spiro atoms. The van der Waals surface area contributed by atoms with E-state index in [1.807, 2.05) is 6.92 Å². The Hall–Kier alpha value is -1.23. The molecular weight excluding hydrogens is 180 g/mol.